The summed E-state index contributed by atoms with van der Waals surface area (Å²) >= 11 is 0. The van der Waals surface area contributed by atoms with Crippen LogP contribution in [-0.2, 0) is 0 Å². The van der Waals surface area contributed by atoms with Gasteiger partial charge in [-0.25, -0.2) is 19.3 Å². The predicted octanol–water partition coefficient (Wildman–Crippen LogP) is 1.62. The Morgan fingerprint density at radius 2 is 2.18 bits per heavy atom. The van der Waals surface area contributed by atoms with E-state index in [1.54, 1.807) is 29.9 Å². The van der Waals surface area contributed by atoms with E-state index in [9.17, 15) is 9.18 Å². The summed E-state index contributed by atoms with van der Waals surface area (Å²) in [6, 6.07) is 1.76. The maximum atomic E-state index is 14.2. The van der Waals surface area contributed by atoms with Crippen molar-refractivity contribution in [2.45, 2.75) is 19.4 Å². The van der Waals surface area contributed by atoms with Gasteiger partial charge in [-0.1, -0.05) is 0 Å². The molecule has 0 radical (unpaired) electrons. The van der Waals surface area contributed by atoms with Crippen molar-refractivity contribution >= 4 is 23.1 Å². The van der Waals surface area contributed by atoms with Gasteiger partial charge in [0.05, 0.1) is 23.8 Å². The molecule has 0 aliphatic carbocycles. The molecule has 0 saturated carbocycles. The Labute approximate surface area is 160 Å². The normalized spacial score (nSPS) is 21.3. The summed E-state index contributed by atoms with van der Waals surface area (Å²) in [4.78, 5) is 27.4. The lowest BCUT2D eigenvalue weighted by atomic mass is 10.1. The minimum absolute atomic E-state index is 0.184. The van der Waals surface area contributed by atoms with Crippen molar-refractivity contribution < 1.29 is 9.18 Å². The number of fused-ring (bicyclic) bond motifs is 2. The molecule has 9 heteroatoms. The van der Waals surface area contributed by atoms with E-state index in [1.807, 2.05) is 0 Å². The zero-order chi connectivity index (χ0) is 19.3. The summed E-state index contributed by atoms with van der Waals surface area (Å²) in [6.07, 6.45) is 7.59. The fraction of sp³-hybridized carbons (Fsp3) is 0.368. The van der Waals surface area contributed by atoms with E-state index in [-0.39, 0.29) is 11.3 Å². The van der Waals surface area contributed by atoms with E-state index in [4.69, 9.17) is 0 Å². The second-order valence-electron chi connectivity index (χ2n) is 7.42. The minimum Gasteiger partial charge on any atom is -0.353 e. The third kappa shape index (κ3) is 2.97. The number of rotatable bonds is 3. The molecular formula is C19H20FN7O. The molecule has 2 N–H and O–H groups in total. The maximum absolute atomic E-state index is 14.2. The second-order valence-corrected chi connectivity index (χ2v) is 7.42. The van der Waals surface area contributed by atoms with Crippen molar-refractivity contribution in [3.63, 3.8) is 0 Å². The zero-order valence-corrected chi connectivity index (χ0v) is 15.4. The van der Waals surface area contributed by atoms with Crippen LogP contribution >= 0.6 is 0 Å². The third-order valence-corrected chi connectivity index (χ3v) is 5.44. The topological polar surface area (TPSA) is 87.5 Å². The van der Waals surface area contributed by atoms with Crippen molar-refractivity contribution in [1.29, 1.82) is 0 Å². The first-order valence-corrected chi connectivity index (χ1v) is 9.33. The van der Waals surface area contributed by atoms with Crippen LogP contribution in [0, 0.1) is 18.7 Å². The maximum Gasteiger partial charge on any atom is 0.275 e. The molecule has 28 heavy (non-hydrogen) atoms. The molecule has 0 spiro atoms. The van der Waals surface area contributed by atoms with Crippen molar-refractivity contribution in [3.05, 3.63) is 48.1 Å². The Kier molecular flexibility index (Phi) is 3.97. The number of imidazole rings is 1. The largest absolute Gasteiger partial charge is 0.353 e. The number of pyridine rings is 1. The molecule has 2 aliphatic rings. The Bertz CT molecular complexity index is 1040. The highest BCUT2D eigenvalue weighted by atomic mass is 19.1. The van der Waals surface area contributed by atoms with Gasteiger partial charge in [-0.05, 0) is 25.8 Å². The fourth-order valence-electron chi connectivity index (χ4n) is 4.08. The van der Waals surface area contributed by atoms with Gasteiger partial charge in [0.25, 0.3) is 5.91 Å². The molecule has 0 aromatic carbocycles. The van der Waals surface area contributed by atoms with Gasteiger partial charge in [0.2, 0.25) is 0 Å². The summed E-state index contributed by atoms with van der Waals surface area (Å²) in [6.45, 7) is 4.74. The van der Waals surface area contributed by atoms with Crippen LogP contribution in [-0.4, -0.2) is 50.9 Å². The molecule has 2 unspecified atom stereocenters. The first-order valence-electron chi connectivity index (χ1n) is 9.33. The van der Waals surface area contributed by atoms with Crippen molar-refractivity contribution in [1.82, 2.24) is 24.7 Å². The number of nitrogens with zero attached hydrogens (tertiary/aromatic N) is 5. The summed E-state index contributed by atoms with van der Waals surface area (Å²) < 4.78 is 15.7. The third-order valence-electron chi connectivity index (χ3n) is 5.44. The van der Waals surface area contributed by atoms with E-state index in [0.29, 0.717) is 23.3 Å². The molecule has 2 aliphatic heterocycles. The predicted molar refractivity (Wildman–Crippen MR) is 102 cm³/mol. The number of nitrogens with one attached hydrogen (secondary N) is 2. The number of aryl methyl sites for hydroxylation is 1. The average Bonchev–Trinajstić information content (AvgIpc) is 3.36. The Morgan fingerprint density at radius 1 is 1.29 bits per heavy atom. The number of hydrogen-bond donors (Lipinski definition) is 2. The van der Waals surface area contributed by atoms with Gasteiger partial charge >= 0.3 is 0 Å². The van der Waals surface area contributed by atoms with Crippen molar-refractivity contribution in [2.24, 2.45) is 5.92 Å². The number of anilines is 2. The molecule has 5 rings (SSSR count). The monoisotopic (exact) mass is 381 g/mol. The Morgan fingerprint density at radius 3 is 2.96 bits per heavy atom. The standard InChI is InChI=1S/C19H20FN7O/c1-11-7-27-9-13(4-14(20)18(27)24-11)25-19(28)15-5-23-17(6-22-15)26-8-12-2-3-21-16(12)10-26/h4-7,9,12,16,21H,2-3,8,10H2,1H3,(H,25,28). The smallest absolute Gasteiger partial charge is 0.275 e. The number of hydrogen-bond acceptors (Lipinski definition) is 6. The van der Waals surface area contributed by atoms with E-state index >= 15 is 0 Å². The molecule has 2 atom stereocenters. The van der Waals surface area contributed by atoms with Gasteiger partial charge in [0, 0.05) is 37.6 Å². The number of aromatic nitrogens is 4. The quantitative estimate of drug-likeness (QED) is 0.717. The lowest BCUT2D eigenvalue weighted by molar-refractivity contribution is 0.102. The number of carbonyl (C=O) groups excluding carboxylic acids is 1. The number of amides is 1. The summed E-state index contributed by atoms with van der Waals surface area (Å²) in [5, 5.41) is 6.17. The van der Waals surface area contributed by atoms with Gasteiger partial charge in [-0.3, -0.25) is 4.79 Å². The van der Waals surface area contributed by atoms with Crippen molar-refractivity contribution in [3.8, 4) is 0 Å². The first-order chi connectivity index (χ1) is 13.6. The second kappa shape index (κ2) is 6.52. The molecule has 1 amide bonds. The van der Waals surface area contributed by atoms with E-state index in [0.717, 1.165) is 25.5 Å². The molecule has 2 saturated heterocycles. The van der Waals surface area contributed by atoms with Gasteiger partial charge in [0.15, 0.2) is 11.5 Å². The molecule has 5 heterocycles. The van der Waals surface area contributed by atoms with Crippen LogP contribution in [0.15, 0.2) is 30.9 Å². The molecule has 0 bridgehead atoms. The van der Waals surface area contributed by atoms with Crippen LogP contribution in [0.4, 0.5) is 15.9 Å². The summed E-state index contributed by atoms with van der Waals surface area (Å²) in [5.74, 6) is 0.491. The summed E-state index contributed by atoms with van der Waals surface area (Å²) in [5.41, 5.74) is 1.44. The molecular weight excluding hydrogens is 361 g/mol. The minimum atomic E-state index is -0.500. The van der Waals surface area contributed by atoms with Gasteiger partial charge in [0.1, 0.15) is 11.5 Å². The SMILES string of the molecule is Cc1cn2cc(NC(=O)c3cnc(N4CC5CCNC5C4)cn3)cc(F)c2n1. The highest BCUT2D eigenvalue weighted by molar-refractivity contribution is 6.02. The van der Waals surface area contributed by atoms with Crippen LogP contribution in [0.2, 0.25) is 0 Å². The molecule has 144 valence electrons. The average molecular weight is 381 g/mol. The molecule has 8 nitrogen and oxygen atoms in total. The van der Waals surface area contributed by atoms with Gasteiger partial charge < -0.3 is 19.9 Å². The van der Waals surface area contributed by atoms with Crippen LogP contribution in [0.1, 0.15) is 22.6 Å². The highest BCUT2D eigenvalue weighted by Crippen LogP contribution is 2.27. The van der Waals surface area contributed by atoms with Crippen LogP contribution in [0.5, 0.6) is 0 Å². The fourth-order valence-corrected chi connectivity index (χ4v) is 4.08. The van der Waals surface area contributed by atoms with Crippen molar-refractivity contribution in [2.75, 3.05) is 29.9 Å². The summed E-state index contributed by atoms with van der Waals surface area (Å²) in [7, 11) is 0. The Balaban J connectivity index is 1.30. The van der Waals surface area contributed by atoms with Crippen LogP contribution < -0.4 is 15.5 Å². The van der Waals surface area contributed by atoms with Gasteiger partial charge in [-0.15, -0.1) is 0 Å². The zero-order valence-electron chi connectivity index (χ0n) is 15.4. The number of carbonyl (C=O) groups is 1. The van der Waals surface area contributed by atoms with Gasteiger partial charge in [-0.2, -0.15) is 0 Å². The van der Waals surface area contributed by atoms with Crippen LogP contribution in [0.3, 0.4) is 0 Å². The van der Waals surface area contributed by atoms with E-state index in [1.165, 1.54) is 18.7 Å². The van der Waals surface area contributed by atoms with E-state index < -0.39 is 11.7 Å². The Hall–Kier alpha value is -3.07. The molecule has 3 aromatic rings. The molecule has 2 fully saturated rings. The molecule has 3 aromatic heterocycles. The number of halogens is 1. The lowest BCUT2D eigenvalue weighted by Gasteiger charge is -2.17. The lowest BCUT2D eigenvalue weighted by Crippen LogP contribution is -2.30. The highest BCUT2D eigenvalue weighted by Gasteiger charge is 2.36. The van der Waals surface area contributed by atoms with Crippen LogP contribution in [0.25, 0.3) is 5.65 Å². The van der Waals surface area contributed by atoms with E-state index in [2.05, 4.69) is 30.5 Å². The first kappa shape index (κ1) is 17.1.